The number of aromatic nitrogens is 2. The Balaban J connectivity index is 1.64. The van der Waals surface area contributed by atoms with Crippen molar-refractivity contribution in [1.29, 1.82) is 0 Å². The predicted octanol–water partition coefficient (Wildman–Crippen LogP) is 1.39. The maximum Gasteiger partial charge on any atom is 0.475 e. The van der Waals surface area contributed by atoms with Crippen LogP contribution in [0, 0.1) is 5.41 Å². The van der Waals surface area contributed by atoms with Gasteiger partial charge in [0.2, 0.25) is 10.5 Å². The highest BCUT2D eigenvalue weighted by atomic mass is 79.9. The highest BCUT2D eigenvalue weighted by molar-refractivity contribution is 9.10. The summed E-state index contributed by atoms with van der Waals surface area (Å²) in [6, 6.07) is 1.16. The SMILES string of the molecule is CC(C)OC(=O)CCNC(=O)[C@@H]1OP(=O)(OC[C@H]2O[C@@H](n3ccc(NO)nc3=O)C(F)(Br)[C@H]2O)OCC1(C)C. The fourth-order valence-corrected chi connectivity index (χ4v) is 6.00. The molecule has 220 valence electrons. The van der Waals surface area contributed by atoms with Crippen molar-refractivity contribution in [3.63, 3.8) is 0 Å². The van der Waals surface area contributed by atoms with E-state index in [9.17, 15) is 24.1 Å². The van der Waals surface area contributed by atoms with Gasteiger partial charge in [-0.25, -0.2) is 13.8 Å². The van der Waals surface area contributed by atoms with Crippen molar-refractivity contribution in [2.75, 3.05) is 25.2 Å². The van der Waals surface area contributed by atoms with E-state index < -0.39 is 66.5 Å². The Morgan fingerprint density at radius 3 is 2.72 bits per heavy atom. The van der Waals surface area contributed by atoms with E-state index >= 15 is 4.39 Å². The Morgan fingerprint density at radius 1 is 1.41 bits per heavy atom. The average molecular weight is 645 g/mol. The lowest BCUT2D eigenvalue weighted by Crippen LogP contribution is -2.50. The highest BCUT2D eigenvalue weighted by Gasteiger charge is 2.58. The lowest BCUT2D eigenvalue weighted by molar-refractivity contribution is -0.147. The number of amides is 1. The van der Waals surface area contributed by atoms with Crippen LogP contribution in [0.3, 0.4) is 0 Å². The van der Waals surface area contributed by atoms with Gasteiger partial charge in [-0.15, -0.1) is 0 Å². The van der Waals surface area contributed by atoms with Gasteiger partial charge in [-0.2, -0.15) is 4.98 Å². The number of anilines is 1. The van der Waals surface area contributed by atoms with E-state index in [4.69, 9.17) is 28.3 Å². The first-order chi connectivity index (χ1) is 18.1. The number of alkyl halides is 2. The van der Waals surface area contributed by atoms with E-state index in [0.29, 0.717) is 0 Å². The summed E-state index contributed by atoms with van der Waals surface area (Å²) < 4.78 is 53.0. The molecule has 0 aromatic carbocycles. The first-order valence-corrected chi connectivity index (χ1v) is 14.1. The summed E-state index contributed by atoms with van der Waals surface area (Å²) in [5, 5.41) is 21.9. The molecule has 3 heterocycles. The van der Waals surface area contributed by atoms with E-state index in [1.807, 2.05) is 0 Å². The molecule has 4 N–H and O–H groups in total. The number of phosphoric acid groups is 1. The van der Waals surface area contributed by atoms with Gasteiger partial charge >= 0.3 is 19.5 Å². The maximum atomic E-state index is 15.4. The number of esters is 1. The van der Waals surface area contributed by atoms with Crippen LogP contribution < -0.4 is 16.5 Å². The first-order valence-electron chi connectivity index (χ1n) is 11.8. The van der Waals surface area contributed by atoms with Gasteiger partial charge < -0.3 is 19.9 Å². The highest BCUT2D eigenvalue weighted by Crippen LogP contribution is 2.58. The lowest BCUT2D eigenvalue weighted by atomic mass is 9.87. The summed E-state index contributed by atoms with van der Waals surface area (Å²) in [5.41, 5.74) is -0.271. The standard InChI is InChI=1S/C21H31BrFN4O11P/c1-11(2)36-14(28)5-7-24-17(30)16-20(3,4)10-35-39(33,38-16)34-9-12-15(29)21(22,23)18(37-12)27-8-6-13(26-32)25-19(27)31/h6,8,11-12,15-16,18,29,32H,5,7,9-10H2,1-4H3,(H,24,30)(H,25,26,31)/t12-,15+,16+,18-,21?,39?/m1/s1. The Morgan fingerprint density at radius 2 is 2.10 bits per heavy atom. The van der Waals surface area contributed by atoms with Crippen LogP contribution in [0.25, 0.3) is 0 Å². The topological polar surface area (TPSA) is 197 Å². The van der Waals surface area contributed by atoms with Crippen LogP contribution in [0.1, 0.15) is 40.3 Å². The molecule has 15 nitrogen and oxygen atoms in total. The number of rotatable bonds is 10. The molecule has 39 heavy (non-hydrogen) atoms. The number of hydrogen-bond donors (Lipinski definition) is 4. The number of phosphoric ester groups is 1. The largest absolute Gasteiger partial charge is 0.475 e. The van der Waals surface area contributed by atoms with E-state index in [2.05, 4.69) is 26.2 Å². The monoisotopic (exact) mass is 644 g/mol. The van der Waals surface area contributed by atoms with Crippen molar-refractivity contribution in [1.82, 2.24) is 14.9 Å². The second-order valence-corrected chi connectivity index (χ2v) is 12.7. The fourth-order valence-electron chi connectivity index (χ4n) is 3.72. The lowest BCUT2D eigenvalue weighted by Gasteiger charge is -2.39. The Bertz CT molecular complexity index is 1170. The molecule has 0 radical (unpaired) electrons. The van der Waals surface area contributed by atoms with Crippen LogP contribution in [0.2, 0.25) is 0 Å². The summed E-state index contributed by atoms with van der Waals surface area (Å²) in [5.74, 6) is -1.37. The molecule has 2 saturated heterocycles. The number of carbonyl (C=O) groups excluding carboxylic acids is 2. The van der Waals surface area contributed by atoms with Gasteiger partial charge in [0.1, 0.15) is 12.2 Å². The third kappa shape index (κ3) is 7.41. The van der Waals surface area contributed by atoms with Crippen molar-refractivity contribution in [3.8, 4) is 0 Å². The number of nitrogens with zero attached hydrogens (tertiary/aromatic N) is 2. The van der Waals surface area contributed by atoms with Crippen molar-refractivity contribution in [2.45, 2.75) is 69.3 Å². The zero-order valence-electron chi connectivity index (χ0n) is 21.5. The van der Waals surface area contributed by atoms with Crippen LogP contribution in [0.4, 0.5) is 10.2 Å². The summed E-state index contributed by atoms with van der Waals surface area (Å²) in [7, 11) is -4.40. The van der Waals surface area contributed by atoms with E-state index in [0.717, 1.165) is 16.8 Å². The van der Waals surface area contributed by atoms with Crippen LogP contribution in [0.15, 0.2) is 17.1 Å². The smallest absolute Gasteiger partial charge is 0.463 e. The molecule has 2 fully saturated rings. The molecule has 1 aromatic heterocycles. The Hall–Kier alpha value is -1.98. The third-order valence-electron chi connectivity index (χ3n) is 5.75. The third-order valence-corrected chi connectivity index (χ3v) is 7.99. The molecular weight excluding hydrogens is 614 g/mol. The number of ether oxygens (including phenoxy) is 2. The van der Waals surface area contributed by atoms with Gasteiger partial charge in [-0.3, -0.25) is 38.4 Å². The van der Waals surface area contributed by atoms with Crippen molar-refractivity contribution in [2.24, 2.45) is 5.41 Å². The Kier molecular flexibility index (Phi) is 9.92. The van der Waals surface area contributed by atoms with Gasteiger partial charge in [-0.1, -0.05) is 13.8 Å². The quantitative estimate of drug-likeness (QED) is 0.123. The number of halogens is 2. The first kappa shape index (κ1) is 31.5. The number of carbonyl (C=O) groups is 2. The normalized spacial score (nSPS) is 32.1. The molecule has 0 saturated carbocycles. The number of nitrogens with one attached hydrogen (secondary N) is 2. The molecule has 6 atom stereocenters. The molecule has 3 rings (SSSR count). The molecule has 2 aliphatic heterocycles. The summed E-state index contributed by atoms with van der Waals surface area (Å²) in [4.78, 5) is 40.2. The Labute approximate surface area is 231 Å². The maximum absolute atomic E-state index is 15.4. The van der Waals surface area contributed by atoms with Gasteiger partial charge in [0.05, 0.1) is 25.7 Å². The minimum absolute atomic E-state index is 0.0523. The molecule has 2 aliphatic rings. The zero-order chi connectivity index (χ0) is 29.2. The number of hydrogen-bond acceptors (Lipinski definition) is 13. The van der Waals surface area contributed by atoms with Crippen molar-refractivity contribution in [3.05, 3.63) is 22.7 Å². The van der Waals surface area contributed by atoms with Crippen LogP contribution in [-0.4, -0.2) is 80.5 Å². The van der Waals surface area contributed by atoms with E-state index in [-0.39, 0.29) is 31.5 Å². The molecule has 1 aromatic rings. The van der Waals surface area contributed by atoms with Crippen molar-refractivity contribution >= 4 is 41.4 Å². The molecular formula is C21H31BrFN4O11P. The summed E-state index contributed by atoms with van der Waals surface area (Å²) >= 11 is 2.72. The molecule has 18 heteroatoms. The van der Waals surface area contributed by atoms with Gasteiger partial charge in [0, 0.05) is 18.2 Å². The van der Waals surface area contributed by atoms with E-state index in [1.165, 1.54) is 0 Å². The average Bonchev–Trinajstić information content (AvgIpc) is 3.07. The predicted molar refractivity (Wildman–Crippen MR) is 134 cm³/mol. The van der Waals surface area contributed by atoms with Crippen LogP contribution in [-0.2, 0) is 37.2 Å². The van der Waals surface area contributed by atoms with Gasteiger partial charge in [0.25, 0.3) is 0 Å². The molecule has 1 amide bonds. The fraction of sp³-hybridized carbons (Fsp3) is 0.714. The van der Waals surface area contributed by atoms with Gasteiger partial charge in [-0.05, 0) is 35.8 Å². The van der Waals surface area contributed by atoms with Crippen molar-refractivity contribution < 1.29 is 51.9 Å². The van der Waals surface area contributed by atoms with Crippen LogP contribution in [0.5, 0.6) is 0 Å². The minimum atomic E-state index is -4.40. The molecule has 0 spiro atoms. The van der Waals surface area contributed by atoms with Crippen LogP contribution >= 0.6 is 23.8 Å². The summed E-state index contributed by atoms with van der Waals surface area (Å²) in [6.07, 6.45) is -5.72. The number of aliphatic hydroxyl groups is 1. The number of aliphatic hydroxyl groups excluding tert-OH is 1. The summed E-state index contributed by atoms with van der Waals surface area (Å²) in [6.45, 7) is 5.67. The second-order valence-electron chi connectivity index (χ2n) is 9.83. The van der Waals surface area contributed by atoms with E-state index in [1.54, 1.807) is 33.2 Å². The second kappa shape index (κ2) is 12.3. The zero-order valence-corrected chi connectivity index (χ0v) is 24.0. The molecule has 2 unspecified atom stereocenters. The molecule has 0 bridgehead atoms. The minimum Gasteiger partial charge on any atom is -0.463 e. The molecule has 0 aliphatic carbocycles. The van der Waals surface area contributed by atoms with Gasteiger partial charge in [0.15, 0.2) is 18.1 Å².